The zero-order chi connectivity index (χ0) is 16.9. The molecule has 0 spiro atoms. The number of fused-ring (bicyclic) bond motifs is 1. The highest BCUT2D eigenvalue weighted by Crippen LogP contribution is 2.30. The van der Waals surface area contributed by atoms with Crippen LogP contribution in [-0.2, 0) is 11.3 Å². The molecular formula is C18H16O6. The largest absolute Gasteiger partial charge is 0.507 e. The van der Waals surface area contributed by atoms with Crippen molar-refractivity contribution >= 4 is 10.8 Å². The van der Waals surface area contributed by atoms with E-state index >= 15 is 0 Å². The van der Waals surface area contributed by atoms with Crippen LogP contribution in [0, 0.1) is 0 Å². The van der Waals surface area contributed by atoms with Crippen LogP contribution in [0.15, 0.2) is 57.7 Å². The van der Waals surface area contributed by atoms with Crippen molar-refractivity contribution in [3.8, 4) is 17.4 Å². The van der Waals surface area contributed by atoms with Crippen molar-refractivity contribution in [2.45, 2.75) is 6.61 Å². The van der Waals surface area contributed by atoms with E-state index in [1.54, 1.807) is 6.07 Å². The topological polar surface area (TPSA) is 78.1 Å². The van der Waals surface area contributed by atoms with Gasteiger partial charge in [0.15, 0.2) is 6.79 Å². The van der Waals surface area contributed by atoms with Crippen molar-refractivity contribution in [3.05, 3.63) is 64.5 Å². The van der Waals surface area contributed by atoms with Crippen LogP contribution in [0.25, 0.3) is 10.8 Å². The van der Waals surface area contributed by atoms with Gasteiger partial charge >= 0.3 is 5.63 Å². The molecular weight excluding hydrogens is 312 g/mol. The van der Waals surface area contributed by atoms with E-state index in [9.17, 15) is 9.90 Å². The first-order chi connectivity index (χ1) is 11.7. The van der Waals surface area contributed by atoms with Crippen LogP contribution in [0.4, 0.5) is 0 Å². The average molecular weight is 328 g/mol. The molecule has 1 heterocycles. The summed E-state index contributed by atoms with van der Waals surface area (Å²) in [4.78, 5) is 11.8. The monoisotopic (exact) mass is 328 g/mol. The molecule has 0 saturated carbocycles. The van der Waals surface area contributed by atoms with Crippen molar-refractivity contribution in [3.63, 3.8) is 0 Å². The fourth-order valence-electron chi connectivity index (χ4n) is 2.28. The molecule has 1 aromatic heterocycles. The summed E-state index contributed by atoms with van der Waals surface area (Å²) in [7, 11) is 1.39. The second-order valence-corrected chi connectivity index (χ2v) is 5.06. The Hall–Kier alpha value is -2.99. The molecule has 2 aromatic carbocycles. The number of hydrogen-bond acceptors (Lipinski definition) is 6. The van der Waals surface area contributed by atoms with Crippen LogP contribution in [0.2, 0.25) is 0 Å². The predicted octanol–water partition coefficient (Wildman–Crippen LogP) is 3.06. The van der Waals surface area contributed by atoms with Crippen molar-refractivity contribution in [2.24, 2.45) is 0 Å². The van der Waals surface area contributed by atoms with Gasteiger partial charge in [0.25, 0.3) is 5.95 Å². The van der Waals surface area contributed by atoms with Gasteiger partial charge in [-0.1, -0.05) is 30.3 Å². The summed E-state index contributed by atoms with van der Waals surface area (Å²) in [6.07, 6.45) is 0. The van der Waals surface area contributed by atoms with E-state index in [4.69, 9.17) is 18.6 Å². The highest BCUT2D eigenvalue weighted by Gasteiger charge is 2.11. The van der Waals surface area contributed by atoms with Gasteiger partial charge in [-0.2, -0.15) is 0 Å². The Morgan fingerprint density at radius 2 is 1.92 bits per heavy atom. The first-order valence-electron chi connectivity index (χ1n) is 7.26. The molecule has 124 valence electrons. The molecule has 0 aliphatic carbocycles. The van der Waals surface area contributed by atoms with Gasteiger partial charge in [0.1, 0.15) is 16.9 Å². The number of phenolic OH excluding ortho intramolecular Hbond substituents is 1. The highest BCUT2D eigenvalue weighted by atomic mass is 16.7. The second kappa shape index (κ2) is 7.06. The third-order valence-electron chi connectivity index (χ3n) is 3.41. The van der Waals surface area contributed by atoms with E-state index in [1.165, 1.54) is 19.2 Å². The zero-order valence-electron chi connectivity index (χ0n) is 13.0. The zero-order valence-corrected chi connectivity index (χ0v) is 13.0. The van der Waals surface area contributed by atoms with Gasteiger partial charge in [0.05, 0.1) is 13.7 Å². The minimum absolute atomic E-state index is 0.0123. The maximum Gasteiger partial charge on any atom is 0.350 e. The maximum atomic E-state index is 11.8. The van der Waals surface area contributed by atoms with Crippen LogP contribution in [-0.4, -0.2) is 19.0 Å². The predicted molar refractivity (Wildman–Crippen MR) is 87.4 cm³/mol. The number of methoxy groups -OCH3 is 1. The molecule has 6 heteroatoms. The molecule has 3 rings (SSSR count). The molecule has 6 nitrogen and oxygen atoms in total. The van der Waals surface area contributed by atoms with Crippen molar-refractivity contribution in [1.29, 1.82) is 0 Å². The highest BCUT2D eigenvalue weighted by molar-refractivity contribution is 5.88. The lowest BCUT2D eigenvalue weighted by Crippen LogP contribution is -2.04. The molecule has 0 saturated heterocycles. The molecule has 1 N–H and O–H groups in total. The van der Waals surface area contributed by atoms with E-state index in [0.29, 0.717) is 17.7 Å². The van der Waals surface area contributed by atoms with Crippen LogP contribution in [0.1, 0.15) is 5.56 Å². The summed E-state index contributed by atoms with van der Waals surface area (Å²) in [6.45, 7) is 0.427. The minimum atomic E-state index is -0.672. The summed E-state index contributed by atoms with van der Waals surface area (Å²) in [6, 6.07) is 14.2. The molecule has 0 bridgehead atoms. The van der Waals surface area contributed by atoms with Gasteiger partial charge in [0, 0.05) is 17.5 Å². The summed E-state index contributed by atoms with van der Waals surface area (Å²) < 4.78 is 20.7. The van der Waals surface area contributed by atoms with Gasteiger partial charge in [-0.05, 0) is 11.6 Å². The molecule has 0 atom stereocenters. The van der Waals surface area contributed by atoms with Gasteiger partial charge in [-0.3, -0.25) is 0 Å². The quantitative estimate of drug-likeness (QED) is 0.553. The number of hydrogen-bond donors (Lipinski definition) is 1. The number of phenols is 1. The number of benzene rings is 2. The summed E-state index contributed by atoms with van der Waals surface area (Å²) in [5, 5.41) is 10.5. The molecule has 0 aliphatic heterocycles. The molecule has 24 heavy (non-hydrogen) atoms. The summed E-state index contributed by atoms with van der Waals surface area (Å²) >= 11 is 0. The van der Waals surface area contributed by atoms with Gasteiger partial charge < -0.3 is 23.7 Å². The Balaban J connectivity index is 1.72. The standard InChI is InChI=1S/C18H16O6/c1-21-16-8-13-7-14(9-15(19)17(13)18(20)24-16)23-11-22-10-12-5-3-2-4-6-12/h2-9,19H,10-11H2,1H3. The van der Waals surface area contributed by atoms with Gasteiger partial charge in [0.2, 0.25) is 0 Å². The normalized spacial score (nSPS) is 10.7. The van der Waals surface area contributed by atoms with Crippen molar-refractivity contribution in [2.75, 3.05) is 13.9 Å². The maximum absolute atomic E-state index is 11.8. The van der Waals surface area contributed by atoms with E-state index in [2.05, 4.69) is 0 Å². The van der Waals surface area contributed by atoms with Crippen LogP contribution in [0.5, 0.6) is 17.4 Å². The lowest BCUT2D eigenvalue weighted by molar-refractivity contribution is 0.00504. The van der Waals surface area contributed by atoms with E-state index in [-0.39, 0.29) is 23.9 Å². The average Bonchev–Trinajstić information content (AvgIpc) is 2.59. The molecule has 0 unspecified atom stereocenters. The third-order valence-corrected chi connectivity index (χ3v) is 3.41. The smallest absolute Gasteiger partial charge is 0.350 e. The number of aromatic hydroxyl groups is 1. The third kappa shape index (κ3) is 3.49. The van der Waals surface area contributed by atoms with E-state index in [1.807, 2.05) is 30.3 Å². The molecule has 0 fully saturated rings. The first-order valence-corrected chi connectivity index (χ1v) is 7.26. The van der Waals surface area contributed by atoms with Gasteiger partial charge in [-0.25, -0.2) is 4.79 Å². The van der Waals surface area contributed by atoms with E-state index < -0.39 is 5.63 Å². The molecule has 0 amide bonds. The molecule has 0 aliphatic rings. The number of ether oxygens (including phenoxy) is 3. The first kappa shape index (κ1) is 15.9. The Morgan fingerprint density at radius 3 is 2.67 bits per heavy atom. The Bertz CT molecular complexity index is 885. The Morgan fingerprint density at radius 1 is 1.12 bits per heavy atom. The second-order valence-electron chi connectivity index (χ2n) is 5.06. The Kier molecular flexibility index (Phi) is 4.67. The molecule has 0 radical (unpaired) electrons. The van der Waals surface area contributed by atoms with Crippen molar-refractivity contribution in [1.82, 2.24) is 0 Å². The lowest BCUT2D eigenvalue weighted by atomic mass is 10.1. The Labute approximate surface area is 137 Å². The number of rotatable bonds is 6. The van der Waals surface area contributed by atoms with Gasteiger partial charge in [-0.15, -0.1) is 0 Å². The van der Waals surface area contributed by atoms with Crippen LogP contribution in [0.3, 0.4) is 0 Å². The fourth-order valence-corrected chi connectivity index (χ4v) is 2.28. The minimum Gasteiger partial charge on any atom is -0.507 e. The molecule has 3 aromatic rings. The lowest BCUT2D eigenvalue weighted by Gasteiger charge is -2.09. The van der Waals surface area contributed by atoms with E-state index in [0.717, 1.165) is 5.56 Å². The van der Waals surface area contributed by atoms with Crippen LogP contribution >= 0.6 is 0 Å². The SMILES string of the molecule is COc1cc2cc(OCOCc3ccccc3)cc(O)c2c(=O)o1. The summed E-state index contributed by atoms with van der Waals surface area (Å²) in [5.74, 6) is 0.215. The van der Waals surface area contributed by atoms with Crippen LogP contribution < -0.4 is 15.1 Å². The summed E-state index contributed by atoms with van der Waals surface area (Å²) in [5.41, 5.74) is 0.360. The fraction of sp³-hybridized carbons (Fsp3) is 0.167. The van der Waals surface area contributed by atoms with Crippen molar-refractivity contribution < 1.29 is 23.7 Å².